The highest BCUT2D eigenvalue weighted by atomic mass is 35.5. The molecule has 88 valence electrons. The van der Waals surface area contributed by atoms with Gasteiger partial charge in [0, 0.05) is 11.6 Å². The summed E-state index contributed by atoms with van der Waals surface area (Å²) in [6, 6.07) is 7.15. The van der Waals surface area contributed by atoms with Crippen LogP contribution in [0.4, 0.5) is 4.79 Å². The molecule has 1 aliphatic rings. The van der Waals surface area contributed by atoms with Gasteiger partial charge >= 0.3 is 0 Å². The van der Waals surface area contributed by atoms with E-state index >= 15 is 0 Å². The lowest BCUT2D eigenvalue weighted by Gasteiger charge is -2.06. The first-order valence-corrected chi connectivity index (χ1v) is 6.32. The standard InChI is InChI=1S/C12H10ClNO2S/c1-2-14-11(15)10(17-12(14)16)7-8-4-3-5-9(13)6-8/h3-7H,2H2,1H3. The summed E-state index contributed by atoms with van der Waals surface area (Å²) in [5.41, 5.74) is 0.819. The molecule has 2 rings (SSSR count). The summed E-state index contributed by atoms with van der Waals surface area (Å²) < 4.78 is 0. The Morgan fingerprint density at radius 3 is 2.76 bits per heavy atom. The van der Waals surface area contributed by atoms with Crippen LogP contribution in [0.5, 0.6) is 0 Å². The van der Waals surface area contributed by atoms with Crippen molar-refractivity contribution in [1.82, 2.24) is 4.90 Å². The van der Waals surface area contributed by atoms with E-state index in [1.54, 1.807) is 31.2 Å². The van der Waals surface area contributed by atoms with Crippen molar-refractivity contribution in [3.05, 3.63) is 39.8 Å². The highest BCUT2D eigenvalue weighted by Gasteiger charge is 2.33. The molecule has 1 fully saturated rings. The van der Waals surface area contributed by atoms with Gasteiger partial charge in [0.25, 0.3) is 11.1 Å². The lowest BCUT2D eigenvalue weighted by Crippen LogP contribution is -2.27. The molecule has 0 bridgehead atoms. The summed E-state index contributed by atoms with van der Waals surface area (Å²) in [6.07, 6.45) is 1.69. The smallest absolute Gasteiger partial charge is 0.269 e. The molecule has 1 aromatic carbocycles. The zero-order valence-corrected chi connectivity index (χ0v) is 10.7. The molecule has 1 aromatic rings. The van der Waals surface area contributed by atoms with Crippen molar-refractivity contribution in [2.75, 3.05) is 6.54 Å². The molecule has 1 aliphatic heterocycles. The minimum Gasteiger partial charge on any atom is -0.269 e. The highest BCUT2D eigenvalue weighted by molar-refractivity contribution is 8.18. The monoisotopic (exact) mass is 267 g/mol. The second-order valence-electron chi connectivity index (χ2n) is 3.48. The van der Waals surface area contributed by atoms with Crippen molar-refractivity contribution >= 4 is 40.6 Å². The minimum atomic E-state index is -0.234. The van der Waals surface area contributed by atoms with Gasteiger partial charge in [0.1, 0.15) is 0 Å². The topological polar surface area (TPSA) is 37.4 Å². The van der Waals surface area contributed by atoms with E-state index in [1.165, 1.54) is 4.90 Å². The van der Waals surface area contributed by atoms with Gasteiger partial charge in [-0.15, -0.1) is 0 Å². The summed E-state index contributed by atoms with van der Waals surface area (Å²) in [5, 5.41) is 0.388. The molecule has 1 saturated heterocycles. The number of likely N-dealkylation sites (N-methyl/N-ethyl adjacent to an activating group) is 1. The summed E-state index contributed by atoms with van der Waals surface area (Å²) in [5.74, 6) is -0.234. The van der Waals surface area contributed by atoms with Crippen LogP contribution in [0.2, 0.25) is 5.02 Å². The number of halogens is 1. The second kappa shape index (κ2) is 4.94. The first-order valence-electron chi connectivity index (χ1n) is 5.12. The molecule has 0 atom stereocenters. The van der Waals surface area contributed by atoms with Crippen LogP contribution in [0.3, 0.4) is 0 Å². The van der Waals surface area contributed by atoms with E-state index in [0.717, 1.165) is 17.3 Å². The molecule has 0 spiro atoms. The quantitative estimate of drug-likeness (QED) is 0.771. The fraction of sp³-hybridized carbons (Fsp3) is 0.167. The van der Waals surface area contributed by atoms with Crippen LogP contribution in [-0.2, 0) is 4.79 Å². The minimum absolute atomic E-state index is 0.217. The number of rotatable bonds is 2. The number of benzene rings is 1. The predicted octanol–water partition coefficient (Wildman–Crippen LogP) is 3.40. The van der Waals surface area contributed by atoms with E-state index in [0.29, 0.717) is 16.5 Å². The Morgan fingerprint density at radius 2 is 2.18 bits per heavy atom. The average molecular weight is 268 g/mol. The Labute approximate surface area is 108 Å². The molecule has 1 heterocycles. The van der Waals surface area contributed by atoms with Crippen molar-refractivity contribution < 1.29 is 9.59 Å². The zero-order valence-electron chi connectivity index (χ0n) is 9.14. The Bertz CT molecular complexity index is 513. The number of nitrogens with zero attached hydrogens (tertiary/aromatic N) is 1. The number of carbonyl (C=O) groups is 2. The van der Waals surface area contributed by atoms with Crippen LogP contribution in [-0.4, -0.2) is 22.6 Å². The third-order valence-electron chi connectivity index (χ3n) is 2.34. The molecule has 0 radical (unpaired) electrons. The van der Waals surface area contributed by atoms with Crippen molar-refractivity contribution in [3.63, 3.8) is 0 Å². The van der Waals surface area contributed by atoms with E-state index < -0.39 is 0 Å². The lowest BCUT2D eigenvalue weighted by molar-refractivity contribution is -0.122. The Balaban J connectivity index is 2.30. The third-order valence-corrected chi connectivity index (χ3v) is 3.48. The maximum atomic E-state index is 11.8. The van der Waals surface area contributed by atoms with Gasteiger partial charge in [0.05, 0.1) is 4.91 Å². The van der Waals surface area contributed by atoms with Gasteiger partial charge in [-0.25, -0.2) is 0 Å². The number of hydrogen-bond donors (Lipinski definition) is 0. The van der Waals surface area contributed by atoms with E-state index in [2.05, 4.69) is 0 Å². The fourth-order valence-corrected chi connectivity index (χ4v) is 2.62. The molecule has 0 saturated carbocycles. The van der Waals surface area contributed by atoms with Gasteiger partial charge < -0.3 is 0 Å². The van der Waals surface area contributed by atoms with E-state index in [4.69, 9.17) is 11.6 Å². The normalized spacial score (nSPS) is 18.2. The van der Waals surface area contributed by atoms with E-state index in [1.807, 2.05) is 6.07 Å². The summed E-state index contributed by atoms with van der Waals surface area (Å²) in [6.45, 7) is 2.18. The second-order valence-corrected chi connectivity index (χ2v) is 4.91. The fourth-order valence-electron chi connectivity index (χ4n) is 1.52. The van der Waals surface area contributed by atoms with Gasteiger partial charge in [0.15, 0.2) is 0 Å². The van der Waals surface area contributed by atoms with Gasteiger partial charge in [-0.1, -0.05) is 23.7 Å². The highest BCUT2D eigenvalue weighted by Crippen LogP contribution is 2.32. The van der Waals surface area contributed by atoms with Crippen molar-refractivity contribution in [2.45, 2.75) is 6.92 Å². The van der Waals surface area contributed by atoms with Crippen LogP contribution in [0, 0.1) is 0 Å². The van der Waals surface area contributed by atoms with Crippen molar-refractivity contribution in [1.29, 1.82) is 0 Å². The summed E-state index contributed by atoms with van der Waals surface area (Å²) >= 11 is 6.82. The number of carbonyl (C=O) groups excluding carboxylic acids is 2. The van der Waals surface area contributed by atoms with Gasteiger partial charge in [-0.05, 0) is 42.5 Å². The van der Waals surface area contributed by atoms with Gasteiger partial charge in [0.2, 0.25) is 0 Å². The molecule has 0 aromatic heterocycles. The average Bonchev–Trinajstić information content (AvgIpc) is 2.54. The SMILES string of the molecule is CCN1C(=O)SC(=Cc2cccc(Cl)c2)C1=O. The van der Waals surface area contributed by atoms with E-state index in [9.17, 15) is 9.59 Å². The summed E-state index contributed by atoms with van der Waals surface area (Å²) in [4.78, 5) is 25.0. The number of thioether (sulfide) groups is 1. The third kappa shape index (κ3) is 2.53. The molecule has 17 heavy (non-hydrogen) atoms. The van der Waals surface area contributed by atoms with Crippen LogP contribution in [0.25, 0.3) is 6.08 Å². The number of hydrogen-bond acceptors (Lipinski definition) is 3. The number of imide groups is 1. The Morgan fingerprint density at radius 1 is 1.41 bits per heavy atom. The maximum Gasteiger partial charge on any atom is 0.293 e. The van der Waals surface area contributed by atoms with Crippen molar-refractivity contribution in [2.24, 2.45) is 0 Å². The molecular formula is C12H10ClNO2S. The van der Waals surface area contributed by atoms with E-state index in [-0.39, 0.29) is 11.1 Å². The number of amides is 2. The molecule has 3 nitrogen and oxygen atoms in total. The molecule has 5 heteroatoms. The molecule has 2 amide bonds. The largest absolute Gasteiger partial charge is 0.293 e. The molecule has 0 N–H and O–H groups in total. The summed E-state index contributed by atoms with van der Waals surface area (Å²) in [7, 11) is 0. The van der Waals surface area contributed by atoms with Crippen LogP contribution < -0.4 is 0 Å². The van der Waals surface area contributed by atoms with Crippen LogP contribution >= 0.6 is 23.4 Å². The lowest BCUT2D eigenvalue weighted by atomic mass is 10.2. The maximum absolute atomic E-state index is 11.8. The van der Waals surface area contributed by atoms with Crippen LogP contribution in [0.15, 0.2) is 29.2 Å². The Hall–Kier alpha value is -1.26. The van der Waals surface area contributed by atoms with Gasteiger partial charge in [-0.2, -0.15) is 0 Å². The first-order chi connectivity index (χ1) is 8.11. The molecular weight excluding hydrogens is 258 g/mol. The zero-order chi connectivity index (χ0) is 12.4. The first kappa shape index (κ1) is 12.2. The molecule has 0 aliphatic carbocycles. The Kier molecular flexibility index (Phi) is 3.54. The van der Waals surface area contributed by atoms with Crippen LogP contribution in [0.1, 0.15) is 12.5 Å². The van der Waals surface area contributed by atoms with Crippen molar-refractivity contribution in [3.8, 4) is 0 Å². The van der Waals surface area contributed by atoms with Gasteiger partial charge in [-0.3, -0.25) is 14.5 Å². The molecule has 0 unspecified atom stereocenters. The predicted molar refractivity (Wildman–Crippen MR) is 69.8 cm³/mol.